The zero-order valence-corrected chi connectivity index (χ0v) is 16.7. The standard InChI is InChI=1S/C23H22N2O5/c1-28-16-7-3-14(4-8-16)24-21(26)19-18-11-12-23(30-18)13-25(22(27)20(19)23)15-5-9-17(29-2)10-6-15/h3-12,18-20H,13H2,1-2H3,(H,24,26)/t18-,19-,20-,23+/m1/s1. The molecule has 2 aromatic carbocycles. The third-order valence-electron chi connectivity index (χ3n) is 6.14. The third kappa shape index (κ3) is 2.77. The Kier molecular flexibility index (Phi) is 4.29. The summed E-state index contributed by atoms with van der Waals surface area (Å²) < 4.78 is 16.5. The smallest absolute Gasteiger partial charge is 0.234 e. The van der Waals surface area contributed by atoms with Gasteiger partial charge >= 0.3 is 0 Å². The third-order valence-corrected chi connectivity index (χ3v) is 6.14. The van der Waals surface area contributed by atoms with Gasteiger partial charge in [-0.3, -0.25) is 9.59 Å². The Hall–Kier alpha value is -3.32. The maximum Gasteiger partial charge on any atom is 0.234 e. The molecule has 2 saturated heterocycles. The minimum absolute atomic E-state index is 0.0955. The number of amides is 2. The van der Waals surface area contributed by atoms with Crippen LogP contribution in [0.3, 0.4) is 0 Å². The van der Waals surface area contributed by atoms with Crippen molar-refractivity contribution in [2.75, 3.05) is 31.0 Å². The van der Waals surface area contributed by atoms with Gasteiger partial charge < -0.3 is 24.4 Å². The summed E-state index contributed by atoms with van der Waals surface area (Å²) in [5.74, 6) is -0.00857. The molecule has 0 unspecified atom stereocenters. The highest BCUT2D eigenvalue weighted by atomic mass is 16.5. The van der Waals surface area contributed by atoms with Crippen LogP contribution in [0.1, 0.15) is 0 Å². The summed E-state index contributed by atoms with van der Waals surface area (Å²) in [6.07, 6.45) is 3.45. The predicted molar refractivity (Wildman–Crippen MR) is 111 cm³/mol. The first-order valence-electron chi connectivity index (χ1n) is 9.82. The molecule has 154 valence electrons. The summed E-state index contributed by atoms with van der Waals surface area (Å²) in [7, 11) is 3.19. The highest BCUT2D eigenvalue weighted by Crippen LogP contribution is 2.52. The molecular formula is C23H22N2O5. The molecule has 2 fully saturated rings. The van der Waals surface area contributed by atoms with E-state index in [2.05, 4.69) is 5.32 Å². The van der Waals surface area contributed by atoms with Crippen LogP contribution in [0.2, 0.25) is 0 Å². The molecule has 7 nitrogen and oxygen atoms in total. The van der Waals surface area contributed by atoms with Crippen molar-refractivity contribution >= 4 is 23.2 Å². The number of ether oxygens (including phenoxy) is 3. The van der Waals surface area contributed by atoms with Gasteiger partial charge in [0.05, 0.1) is 38.7 Å². The number of carbonyl (C=O) groups is 2. The molecule has 1 N–H and O–H groups in total. The summed E-state index contributed by atoms with van der Waals surface area (Å²) in [5, 5.41) is 2.92. The summed E-state index contributed by atoms with van der Waals surface area (Å²) in [5.41, 5.74) is 0.655. The van der Waals surface area contributed by atoms with Crippen LogP contribution in [-0.2, 0) is 14.3 Å². The maximum atomic E-state index is 13.4. The van der Waals surface area contributed by atoms with Crippen LogP contribution >= 0.6 is 0 Å². The number of benzene rings is 2. The van der Waals surface area contributed by atoms with Gasteiger partial charge in [-0.1, -0.05) is 12.2 Å². The number of rotatable bonds is 5. The van der Waals surface area contributed by atoms with E-state index in [-0.39, 0.29) is 11.8 Å². The molecule has 5 rings (SSSR count). The lowest BCUT2D eigenvalue weighted by Gasteiger charge is -2.23. The molecule has 30 heavy (non-hydrogen) atoms. The zero-order valence-electron chi connectivity index (χ0n) is 16.7. The average molecular weight is 406 g/mol. The van der Waals surface area contributed by atoms with Gasteiger partial charge in [0.2, 0.25) is 11.8 Å². The van der Waals surface area contributed by atoms with Crippen molar-refractivity contribution in [1.29, 1.82) is 0 Å². The molecule has 0 aromatic heterocycles. The van der Waals surface area contributed by atoms with Crippen molar-refractivity contribution in [3.8, 4) is 11.5 Å². The molecule has 7 heteroatoms. The van der Waals surface area contributed by atoms with E-state index in [0.717, 1.165) is 11.4 Å². The SMILES string of the molecule is COc1ccc(NC(=O)[C@@H]2[C@H]3C=C[C@@]4(CN(c5ccc(OC)cc5)C(=O)[C@@H]24)O3)cc1. The summed E-state index contributed by atoms with van der Waals surface area (Å²) in [4.78, 5) is 28.2. The number of anilines is 2. The average Bonchev–Trinajstić information content (AvgIpc) is 3.42. The van der Waals surface area contributed by atoms with Gasteiger partial charge in [-0.25, -0.2) is 0 Å². The Morgan fingerprint density at radius 2 is 1.70 bits per heavy atom. The van der Waals surface area contributed by atoms with E-state index in [0.29, 0.717) is 18.0 Å². The number of methoxy groups -OCH3 is 2. The number of hydrogen-bond donors (Lipinski definition) is 1. The van der Waals surface area contributed by atoms with Crippen LogP contribution < -0.4 is 19.7 Å². The fourth-order valence-corrected chi connectivity index (χ4v) is 4.68. The molecule has 1 spiro atoms. The van der Waals surface area contributed by atoms with Gasteiger partial charge in [0.15, 0.2) is 0 Å². The minimum Gasteiger partial charge on any atom is -0.497 e. The zero-order chi connectivity index (χ0) is 20.9. The van der Waals surface area contributed by atoms with Gasteiger partial charge in [-0.15, -0.1) is 0 Å². The van der Waals surface area contributed by atoms with E-state index in [1.165, 1.54) is 0 Å². The highest BCUT2D eigenvalue weighted by Gasteiger charge is 2.67. The van der Waals surface area contributed by atoms with Crippen molar-refractivity contribution in [3.05, 3.63) is 60.7 Å². The Morgan fingerprint density at radius 1 is 1.07 bits per heavy atom. The fourth-order valence-electron chi connectivity index (χ4n) is 4.68. The van der Waals surface area contributed by atoms with Crippen molar-refractivity contribution in [2.45, 2.75) is 11.7 Å². The first-order valence-corrected chi connectivity index (χ1v) is 9.82. The van der Waals surface area contributed by atoms with Crippen molar-refractivity contribution < 1.29 is 23.8 Å². The Labute approximate surface area is 174 Å². The van der Waals surface area contributed by atoms with Crippen LogP contribution in [-0.4, -0.2) is 44.3 Å². The van der Waals surface area contributed by atoms with Crippen molar-refractivity contribution in [1.82, 2.24) is 0 Å². The molecule has 0 radical (unpaired) electrons. The Bertz CT molecular complexity index is 1020. The predicted octanol–water partition coefficient (Wildman–Crippen LogP) is 2.63. The number of fused-ring (bicyclic) bond motifs is 1. The van der Waals surface area contributed by atoms with Gasteiger partial charge in [0.1, 0.15) is 17.1 Å². The second-order valence-electron chi connectivity index (χ2n) is 7.74. The molecule has 4 atom stereocenters. The van der Waals surface area contributed by atoms with Gasteiger partial charge in [-0.05, 0) is 48.5 Å². The number of hydrogen-bond acceptors (Lipinski definition) is 5. The van der Waals surface area contributed by atoms with Crippen LogP contribution in [0.15, 0.2) is 60.7 Å². The first kappa shape index (κ1) is 18.7. The normalized spacial score (nSPS) is 28.5. The quantitative estimate of drug-likeness (QED) is 0.773. The molecule has 2 amide bonds. The van der Waals surface area contributed by atoms with Gasteiger partial charge in [-0.2, -0.15) is 0 Å². The van der Waals surface area contributed by atoms with Crippen LogP contribution in [0, 0.1) is 11.8 Å². The number of nitrogens with one attached hydrogen (secondary N) is 1. The fraction of sp³-hybridized carbons (Fsp3) is 0.304. The van der Waals surface area contributed by atoms with Crippen LogP contribution in [0.25, 0.3) is 0 Å². The molecule has 0 saturated carbocycles. The second-order valence-corrected chi connectivity index (χ2v) is 7.74. The molecule has 2 aromatic rings. The lowest BCUT2D eigenvalue weighted by molar-refractivity contribution is -0.128. The lowest BCUT2D eigenvalue weighted by atomic mass is 9.77. The maximum absolute atomic E-state index is 13.4. The van der Waals surface area contributed by atoms with Crippen molar-refractivity contribution in [3.63, 3.8) is 0 Å². The van der Waals surface area contributed by atoms with Gasteiger partial charge in [0, 0.05) is 11.4 Å². The van der Waals surface area contributed by atoms with Crippen molar-refractivity contribution in [2.24, 2.45) is 11.8 Å². The van der Waals surface area contributed by atoms with E-state index in [9.17, 15) is 9.59 Å². The largest absolute Gasteiger partial charge is 0.497 e. The van der Waals surface area contributed by atoms with E-state index in [1.54, 1.807) is 43.4 Å². The van der Waals surface area contributed by atoms with E-state index < -0.39 is 23.5 Å². The molecule has 3 aliphatic heterocycles. The summed E-state index contributed by atoms with van der Waals surface area (Å²) in [6, 6.07) is 14.4. The number of carbonyl (C=O) groups excluding carboxylic acids is 2. The van der Waals surface area contributed by atoms with E-state index >= 15 is 0 Å². The second kappa shape index (κ2) is 6.88. The molecule has 0 aliphatic carbocycles. The van der Waals surface area contributed by atoms with Gasteiger partial charge in [0.25, 0.3) is 0 Å². The molecule has 3 aliphatic rings. The highest BCUT2D eigenvalue weighted by molar-refractivity contribution is 6.05. The first-order chi connectivity index (χ1) is 14.5. The molecular weight excluding hydrogens is 384 g/mol. The lowest BCUT2D eigenvalue weighted by Crippen LogP contribution is -2.41. The topological polar surface area (TPSA) is 77.1 Å². The van der Waals surface area contributed by atoms with Crippen LogP contribution in [0.5, 0.6) is 11.5 Å². The number of nitrogens with zero attached hydrogens (tertiary/aromatic N) is 1. The summed E-state index contributed by atoms with van der Waals surface area (Å²) >= 11 is 0. The summed E-state index contributed by atoms with van der Waals surface area (Å²) in [6.45, 7) is 0.391. The Morgan fingerprint density at radius 3 is 2.33 bits per heavy atom. The Balaban J connectivity index is 1.39. The van der Waals surface area contributed by atoms with E-state index in [1.807, 2.05) is 36.4 Å². The molecule has 2 bridgehead atoms. The minimum atomic E-state index is -0.760. The van der Waals surface area contributed by atoms with Crippen LogP contribution in [0.4, 0.5) is 11.4 Å². The molecule has 3 heterocycles. The monoisotopic (exact) mass is 406 g/mol. The van der Waals surface area contributed by atoms with E-state index in [4.69, 9.17) is 14.2 Å².